The first-order valence-corrected chi connectivity index (χ1v) is 5.39. The van der Waals surface area contributed by atoms with Crippen molar-refractivity contribution in [1.29, 1.82) is 0 Å². The van der Waals surface area contributed by atoms with Crippen molar-refractivity contribution in [3.63, 3.8) is 0 Å². The summed E-state index contributed by atoms with van der Waals surface area (Å²) >= 11 is 0. The van der Waals surface area contributed by atoms with E-state index in [1.165, 1.54) is 6.07 Å². The van der Waals surface area contributed by atoms with Crippen LogP contribution in [0.25, 0.3) is 0 Å². The number of rotatable bonds is 4. The Bertz CT molecular complexity index is 511. The van der Waals surface area contributed by atoms with E-state index in [2.05, 4.69) is 10.1 Å². The zero-order valence-electron chi connectivity index (χ0n) is 9.74. The predicted molar refractivity (Wildman–Crippen MR) is 59.1 cm³/mol. The summed E-state index contributed by atoms with van der Waals surface area (Å²) in [5.74, 6) is 0.777. The fourth-order valence-corrected chi connectivity index (χ4v) is 1.36. The van der Waals surface area contributed by atoms with Crippen LogP contribution in [0.2, 0.25) is 0 Å². The number of ether oxygens (including phenoxy) is 1. The molecule has 1 aromatic carbocycles. The Morgan fingerprint density at radius 2 is 2.24 bits per heavy atom. The van der Waals surface area contributed by atoms with Gasteiger partial charge in [-0.3, -0.25) is 0 Å². The van der Waals surface area contributed by atoms with Crippen LogP contribution in [0.15, 0.2) is 22.7 Å². The molecule has 0 spiro atoms. The van der Waals surface area contributed by atoms with Crippen molar-refractivity contribution in [2.24, 2.45) is 0 Å². The van der Waals surface area contributed by atoms with Gasteiger partial charge in [0.1, 0.15) is 0 Å². The molecule has 0 bridgehead atoms. The molecule has 0 amide bonds. The van der Waals surface area contributed by atoms with Gasteiger partial charge >= 0.3 is 0 Å². The highest BCUT2D eigenvalue weighted by Crippen LogP contribution is 2.19. The molecule has 0 saturated carbocycles. The Morgan fingerprint density at radius 3 is 2.94 bits per heavy atom. The lowest BCUT2D eigenvalue weighted by atomic mass is 10.2. The van der Waals surface area contributed by atoms with Gasteiger partial charge in [-0.2, -0.15) is 4.98 Å². The number of benzene rings is 1. The molecule has 17 heavy (non-hydrogen) atoms. The number of halogens is 1. The molecule has 0 N–H and O–H groups in total. The lowest BCUT2D eigenvalue weighted by molar-refractivity contribution is 0.272. The SMILES string of the molecule is CCc1nc(COc2cc(C)ccc2F)no1. The summed E-state index contributed by atoms with van der Waals surface area (Å²) in [5.41, 5.74) is 0.934. The first-order valence-electron chi connectivity index (χ1n) is 5.39. The molecule has 0 aliphatic rings. The van der Waals surface area contributed by atoms with E-state index in [0.717, 1.165) is 5.56 Å². The minimum Gasteiger partial charge on any atom is -0.482 e. The van der Waals surface area contributed by atoms with Crippen molar-refractivity contribution in [1.82, 2.24) is 10.1 Å². The highest BCUT2D eigenvalue weighted by Gasteiger charge is 2.08. The lowest BCUT2D eigenvalue weighted by Crippen LogP contribution is -1.99. The molecule has 4 nitrogen and oxygen atoms in total. The van der Waals surface area contributed by atoms with Crippen LogP contribution in [0.5, 0.6) is 5.75 Å². The highest BCUT2D eigenvalue weighted by molar-refractivity contribution is 5.29. The molecule has 1 heterocycles. The molecule has 5 heteroatoms. The molecule has 0 fully saturated rings. The maximum absolute atomic E-state index is 13.4. The molecular formula is C12H13FN2O2. The minimum atomic E-state index is -0.394. The van der Waals surface area contributed by atoms with Gasteiger partial charge in [0.15, 0.2) is 18.2 Å². The van der Waals surface area contributed by atoms with Gasteiger partial charge in [0, 0.05) is 6.42 Å². The van der Waals surface area contributed by atoms with Gasteiger partial charge in [0.25, 0.3) is 0 Å². The van der Waals surface area contributed by atoms with Gasteiger partial charge in [-0.1, -0.05) is 18.1 Å². The number of hydrogen-bond acceptors (Lipinski definition) is 4. The number of nitrogens with zero attached hydrogens (tertiary/aromatic N) is 2. The van der Waals surface area contributed by atoms with Crippen LogP contribution in [-0.2, 0) is 13.0 Å². The fraction of sp³-hybridized carbons (Fsp3) is 0.333. The van der Waals surface area contributed by atoms with E-state index < -0.39 is 5.82 Å². The zero-order valence-corrected chi connectivity index (χ0v) is 9.74. The molecule has 2 aromatic rings. The van der Waals surface area contributed by atoms with Crippen LogP contribution in [-0.4, -0.2) is 10.1 Å². The third-order valence-electron chi connectivity index (χ3n) is 2.26. The second kappa shape index (κ2) is 4.95. The summed E-state index contributed by atoms with van der Waals surface area (Å²) in [7, 11) is 0. The molecule has 0 atom stereocenters. The van der Waals surface area contributed by atoms with Crippen molar-refractivity contribution < 1.29 is 13.7 Å². The summed E-state index contributed by atoms with van der Waals surface area (Å²) in [5, 5.41) is 3.72. The second-order valence-electron chi connectivity index (χ2n) is 3.68. The van der Waals surface area contributed by atoms with Crippen LogP contribution in [0.4, 0.5) is 4.39 Å². The van der Waals surface area contributed by atoms with E-state index in [4.69, 9.17) is 9.26 Å². The second-order valence-corrected chi connectivity index (χ2v) is 3.68. The Labute approximate surface area is 98.4 Å². The monoisotopic (exact) mass is 236 g/mol. The van der Waals surface area contributed by atoms with Crippen LogP contribution < -0.4 is 4.74 Å². The average Bonchev–Trinajstić information content (AvgIpc) is 2.78. The highest BCUT2D eigenvalue weighted by atomic mass is 19.1. The van der Waals surface area contributed by atoms with Crippen molar-refractivity contribution in [3.05, 3.63) is 41.3 Å². The Balaban J connectivity index is 2.04. The topological polar surface area (TPSA) is 48.2 Å². The lowest BCUT2D eigenvalue weighted by Gasteiger charge is -2.05. The van der Waals surface area contributed by atoms with Crippen molar-refractivity contribution in [3.8, 4) is 5.75 Å². The summed E-state index contributed by atoms with van der Waals surface area (Å²) in [6.45, 7) is 3.89. The summed E-state index contributed by atoms with van der Waals surface area (Å²) < 4.78 is 23.6. The number of aryl methyl sites for hydroxylation is 2. The fourth-order valence-electron chi connectivity index (χ4n) is 1.36. The molecule has 2 rings (SSSR count). The third-order valence-corrected chi connectivity index (χ3v) is 2.26. The Hall–Kier alpha value is -1.91. The molecule has 0 unspecified atom stereocenters. The minimum absolute atomic E-state index is 0.101. The molecule has 1 aromatic heterocycles. The van der Waals surface area contributed by atoms with E-state index in [-0.39, 0.29) is 12.4 Å². The maximum Gasteiger partial charge on any atom is 0.226 e. The van der Waals surface area contributed by atoms with Gasteiger partial charge in [-0.15, -0.1) is 0 Å². The summed E-state index contributed by atoms with van der Waals surface area (Å²) in [6, 6.07) is 4.69. The van der Waals surface area contributed by atoms with Gasteiger partial charge < -0.3 is 9.26 Å². The molecular weight excluding hydrogens is 223 g/mol. The van der Waals surface area contributed by atoms with Gasteiger partial charge in [-0.25, -0.2) is 4.39 Å². The van der Waals surface area contributed by atoms with Gasteiger partial charge in [0.2, 0.25) is 11.7 Å². The molecule has 0 aliphatic carbocycles. The van der Waals surface area contributed by atoms with Crippen LogP contribution in [0, 0.1) is 12.7 Å². The molecule has 0 aliphatic heterocycles. The van der Waals surface area contributed by atoms with E-state index in [1.54, 1.807) is 12.1 Å². The maximum atomic E-state index is 13.4. The van der Waals surface area contributed by atoms with Crippen molar-refractivity contribution in [2.75, 3.05) is 0 Å². The van der Waals surface area contributed by atoms with E-state index in [0.29, 0.717) is 18.1 Å². The number of hydrogen-bond donors (Lipinski definition) is 0. The van der Waals surface area contributed by atoms with Crippen LogP contribution in [0.1, 0.15) is 24.2 Å². The number of aromatic nitrogens is 2. The standard InChI is InChI=1S/C12H13FN2O2/c1-3-12-14-11(15-17-12)7-16-10-6-8(2)4-5-9(10)13/h4-6H,3,7H2,1-2H3. The largest absolute Gasteiger partial charge is 0.482 e. The first-order chi connectivity index (χ1) is 8.19. The van der Waals surface area contributed by atoms with Gasteiger partial charge in [0.05, 0.1) is 0 Å². The zero-order chi connectivity index (χ0) is 12.3. The van der Waals surface area contributed by atoms with E-state index >= 15 is 0 Å². The predicted octanol–water partition coefficient (Wildman–Crippen LogP) is 2.66. The van der Waals surface area contributed by atoms with Gasteiger partial charge in [-0.05, 0) is 24.6 Å². The summed E-state index contributed by atoms with van der Waals surface area (Å²) in [4.78, 5) is 4.07. The molecule has 0 radical (unpaired) electrons. The smallest absolute Gasteiger partial charge is 0.226 e. The molecule has 90 valence electrons. The van der Waals surface area contributed by atoms with E-state index in [9.17, 15) is 4.39 Å². The third kappa shape index (κ3) is 2.81. The Kier molecular flexibility index (Phi) is 3.37. The Morgan fingerprint density at radius 1 is 1.41 bits per heavy atom. The van der Waals surface area contributed by atoms with Crippen LogP contribution >= 0.6 is 0 Å². The average molecular weight is 236 g/mol. The van der Waals surface area contributed by atoms with Crippen LogP contribution in [0.3, 0.4) is 0 Å². The summed E-state index contributed by atoms with van der Waals surface area (Å²) in [6.07, 6.45) is 0.672. The van der Waals surface area contributed by atoms with E-state index in [1.807, 2.05) is 13.8 Å². The normalized spacial score (nSPS) is 10.5. The van der Waals surface area contributed by atoms with Crippen molar-refractivity contribution in [2.45, 2.75) is 26.9 Å². The quantitative estimate of drug-likeness (QED) is 0.818. The first kappa shape index (κ1) is 11.6. The van der Waals surface area contributed by atoms with Crippen molar-refractivity contribution >= 4 is 0 Å². The molecule has 0 saturated heterocycles.